The number of aryl methyl sites for hydroxylation is 1. The first-order chi connectivity index (χ1) is 7.79. The fourth-order valence-corrected chi connectivity index (χ4v) is 1.32. The van der Waals surface area contributed by atoms with E-state index in [0.717, 1.165) is 6.42 Å². The minimum atomic E-state index is 0.294. The van der Waals surface area contributed by atoms with E-state index in [9.17, 15) is 0 Å². The van der Waals surface area contributed by atoms with Gasteiger partial charge in [-0.05, 0) is 24.1 Å². The summed E-state index contributed by atoms with van der Waals surface area (Å²) in [6.45, 7) is 2.11. The third kappa shape index (κ3) is 2.28. The predicted octanol–water partition coefficient (Wildman–Crippen LogP) is 2.41. The molecule has 2 aromatic rings. The predicted molar refractivity (Wildman–Crippen MR) is 62.3 cm³/mol. The average Bonchev–Trinajstić information content (AvgIpc) is 2.33. The highest BCUT2D eigenvalue weighted by Gasteiger charge is 2.03. The van der Waals surface area contributed by atoms with E-state index in [-0.39, 0.29) is 0 Å². The maximum atomic E-state index is 5.63. The number of nitrogens with zero attached hydrogens (tertiary/aromatic N) is 2. The number of anilines is 1. The Labute approximate surface area is 94.1 Å². The number of hydrogen-bond donors (Lipinski definition) is 1. The van der Waals surface area contributed by atoms with E-state index in [1.807, 2.05) is 24.3 Å². The molecule has 0 aliphatic heterocycles. The molecule has 4 heteroatoms. The maximum absolute atomic E-state index is 5.63. The van der Waals surface area contributed by atoms with Gasteiger partial charge in [-0.2, -0.15) is 0 Å². The van der Waals surface area contributed by atoms with E-state index < -0.39 is 0 Å². The zero-order chi connectivity index (χ0) is 11.4. The number of nitrogen functional groups attached to an aromatic ring is 1. The molecule has 0 saturated heterocycles. The minimum Gasteiger partial charge on any atom is -0.436 e. The molecule has 0 unspecified atom stereocenters. The first-order valence-electron chi connectivity index (χ1n) is 5.13. The molecule has 0 spiro atoms. The molecule has 4 nitrogen and oxygen atoms in total. The molecule has 0 aliphatic rings. The van der Waals surface area contributed by atoms with E-state index in [1.54, 1.807) is 6.20 Å². The Bertz CT molecular complexity index is 468. The number of ether oxygens (including phenoxy) is 1. The number of rotatable bonds is 3. The van der Waals surface area contributed by atoms with Gasteiger partial charge in [0.05, 0.1) is 0 Å². The smallest absolute Gasteiger partial charge is 0.262 e. The molecule has 0 bridgehead atoms. The summed E-state index contributed by atoms with van der Waals surface area (Å²) in [7, 11) is 0. The zero-order valence-corrected chi connectivity index (χ0v) is 9.05. The quantitative estimate of drug-likeness (QED) is 0.854. The lowest BCUT2D eigenvalue weighted by Gasteiger charge is -2.06. The lowest BCUT2D eigenvalue weighted by Crippen LogP contribution is -1.97. The van der Waals surface area contributed by atoms with E-state index in [0.29, 0.717) is 17.4 Å². The van der Waals surface area contributed by atoms with Crippen LogP contribution in [0.1, 0.15) is 12.5 Å². The fraction of sp³-hybridized carbons (Fsp3) is 0.167. The highest BCUT2D eigenvalue weighted by atomic mass is 16.5. The van der Waals surface area contributed by atoms with Crippen LogP contribution < -0.4 is 10.5 Å². The Hall–Kier alpha value is -2.10. The molecule has 1 heterocycles. The van der Waals surface area contributed by atoms with Crippen LogP contribution in [0.4, 0.5) is 5.82 Å². The van der Waals surface area contributed by atoms with Gasteiger partial charge in [0.15, 0.2) is 5.82 Å². The van der Waals surface area contributed by atoms with Crippen LogP contribution in [0, 0.1) is 0 Å². The summed E-state index contributed by atoms with van der Waals surface area (Å²) in [6, 6.07) is 7.82. The van der Waals surface area contributed by atoms with Gasteiger partial charge in [0.2, 0.25) is 0 Å². The summed E-state index contributed by atoms with van der Waals surface area (Å²) in [4.78, 5) is 7.91. The van der Waals surface area contributed by atoms with Crippen LogP contribution in [0.2, 0.25) is 0 Å². The van der Waals surface area contributed by atoms with Gasteiger partial charge in [-0.3, -0.25) is 0 Å². The van der Waals surface area contributed by atoms with Crippen molar-refractivity contribution >= 4 is 5.82 Å². The van der Waals surface area contributed by atoms with Gasteiger partial charge in [-0.25, -0.2) is 9.97 Å². The lowest BCUT2D eigenvalue weighted by atomic mass is 10.2. The second-order valence-corrected chi connectivity index (χ2v) is 3.35. The molecule has 0 radical (unpaired) electrons. The van der Waals surface area contributed by atoms with Gasteiger partial charge in [0.25, 0.3) is 5.88 Å². The van der Waals surface area contributed by atoms with Gasteiger partial charge in [-0.1, -0.05) is 19.1 Å². The third-order valence-corrected chi connectivity index (χ3v) is 2.24. The summed E-state index contributed by atoms with van der Waals surface area (Å²) in [5, 5.41) is 0. The Morgan fingerprint density at radius 1 is 1.12 bits per heavy atom. The molecular weight excluding hydrogens is 202 g/mol. The second-order valence-electron chi connectivity index (χ2n) is 3.35. The van der Waals surface area contributed by atoms with Gasteiger partial charge in [-0.15, -0.1) is 0 Å². The number of benzene rings is 1. The maximum Gasteiger partial charge on any atom is 0.262 e. The van der Waals surface area contributed by atoms with Crippen molar-refractivity contribution < 1.29 is 4.74 Å². The van der Waals surface area contributed by atoms with Crippen LogP contribution in [-0.2, 0) is 6.42 Å². The summed E-state index contributed by atoms with van der Waals surface area (Å²) in [5.74, 6) is 1.35. The molecule has 0 fully saturated rings. The molecule has 0 amide bonds. The third-order valence-electron chi connectivity index (χ3n) is 2.24. The Morgan fingerprint density at radius 2 is 1.81 bits per heavy atom. The summed E-state index contributed by atoms with van der Waals surface area (Å²) in [5.41, 5.74) is 6.89. The van der Waals surface area contributed by atoms with Gasteiger partial charge in [0, 0.05) is 12.4 Å². The molecule has 1 aromatic carbocycles. The number of hydrogen-bond acceptors (Lipinski definition) is 4. The van der Waals surface area contributed by atoms with E-state index in [4.69, 9.17) is 10.5 Å². The molecule has 0 saturated carbocycles. The van der Waals surface area contributed by atoms with Crippen molar-refractivity contribution in [3.8, 4) is 11.6 Å². The summed E-state index contributed by atoms with van der Waals surface area (Å²) >= 11 is 0. The largest absolute Gasteiger partial charge is 0.436 e. The fourth-order valence-electron chi connectivity index (χ4n) is 1.32. The molecule has 16 heavy (non-hydrogen) atoms. The van der Waals surface area contributed by atoms with Crippen LogP contribution in [0.25, 0.3) is 0 Å². The molecule has 82 valence electrons. The van der Waals surface area contributed by atoms with E-state index >= 15 is 0 Å². The minimum absolute atomic E-state index is 0.294. The normalized spacial score (nSPS) is 10.1. The average molecular weight is 215 g/mol. The van der Waals surface area contributed by atoms with Crippen LogP contribution in [0.15, 0.2) is 36.7 Å². The summed E-state index contributed by atoms with van der Waals surface area (Å²) < 4.78 is 5.51. The van der Waals surface area contributed by atoms with Crippen molar-refractivity contribution in [2.45, 2.75) is 13.3 Å². The first-order valence-corrected chi connectivity index (χ1v) is 5.13. The Kier molecular flexibility index (Phi) is 3.00. The number of nitrogens with two attached hydrogens (primary N) is 1. The van der Waals surface area contributed by atoms with Crippen molar-refractivity contribution in [2.75, 3.05) is 5.73 Å². The van der Waals surface area contributed by atoms with Crippen molar-refractivity contribution in [3.05, 3.63) is 42.2 Å². The zero-order valence-electron chi connectivity index (χ0n) is 9.05. The molecule has 2 rings (SSSR count). The Balaban J connectivity index is 2.18. The Morgan fingerprint density at radius 3 is 2.44 bits per heavy atom. The van der Waals surface area contributed by atoms with Crippen LogP contribution in [0.5, 0.6) is 11.6 Å². The van der Waals surface area contributed by atoms with E-state index in [1.165, 1.54) is 11.8 Å². The molecule has 1 aromatic heterocycles. The monoisotopic (exact) mass is 215 g/mol. The van der Waals surface area contributed by atoms with E-state index in [2.05, 4.69) is 16.9 Å². The standard InChI is InChI=1S/C12H13N3O/c1-2-9-3-5-10(6-4-9)16-12-11(13)14-7-8-15-12/h3-8H,2H2,1H3,(H2,13,14). The lowest BCUT2D eigenvalue weighted by molar-refractivity contribution is 0.463. The van der Waals surface area contributed by atoms with Crippen LogP contribution in [-0.4, -0.2) is 9.97 Å². The van der Waals surface area contributed by atoms with Crippen molar-refractivity contribution in [2.24, 2.45) is 0 Å². The van der Waals surface area contributed by atoms with Gasteiger partial charge < -0.3 is 10.5 Å². The topological polar surface area (TPSA) is 61.0 Å². The second kappa shape index (κ2) is 4.61. The molecule has 2 N–H and O–H groups in total. The van der Waals surface area contributed by atoms with Crippen molar-refractivity contribution in [1.29, 1.82) is 0 Å². The van der Waals surface area contributed by atoms with Crippen LogP contribution >= 0.6 is 0 Å². The highest BCUT2D eigenvalue weighted by Crippen LogP contribution is 2.22. The molecule has 0 aliphatic carbocycles. The summed E-state index contributed by atoms with van der Waals surface area (Å²) in [6.07, 6.45) is 4.09. The molecular formula is C12H13N3O. The van der Waals surface area contributed by atoms with Crippen molar-refractivity contribution in [3.63, 3.8) is 0 Å². The number of aromatic nitrogens is 2. The molecule has 0 atom stereocenters. The first kappa shape index (κ1) is 10.4. The van der Waals surface area contributed by atoms with Crippen molar-refractivity contribution in [1.82, 2.24) is 9.97 Å². The van der Waals surface area contributed by atoms with Gasteiger partial charge in [0.1, 0.15) is 5.75 Å². The van der Waals surface area contributed by atoms with Gasteiger partial charge >= 0.3 is 0 Å². The SMILES string of the molecule is CCc1ccc(Oc2nccnc2N)cc1. The van der Waals surface area contributed by atoms with Crippen LogP contribution in [0.3, 0.4) is 0 Å². The highest BCUT2D eigenvalue weighted by molar-refractivity contribution is 5.42.